The van der Waals surface area contributed by atoms with Crippen molar-refractivity contribution in [3.63, 3.8) is 0 Å². The zero-order valence-electron chi connectivity index (χ0n) is 11.4. The van der Waals surface area contributed by atoms with Gasteiger partial charge in [-0.15, -0.1) is 0 Å². The lowest BCUT2D eigenvalue weighted by Gasteiger charge is -2.24. The maximum absolute atomic E-state index is 11.8. The van der Waals surface area contributed by atoms with Gasteiger partial charge >= 0.3 is 12.1 Å². The number of ether oxygens (including phenoxy) is 2. The lowest BCUT2D eigenvalue weighted by Crippen LogP contribution is -2.36. The Hall–Kier alpha value is -1.30. The van der Waals surface area contributed by atoms with Crippen LogP contribution in [0.2, 0.25) is 0 Å². The van der Waals surface area contributed by atoms with Crippen molar-refractivity contribution in [2.75, 3.05) is 19.7 Å². The van der Waals surface area contributed by atoms with Gasteiger partial charge in [-0.3, -0.25) is 4.79 Å². The number of carbonyl (C=O) groups excluding carboxylic acids is 2. The number of hydrogen-bond donors (Lipinski definition) is 1. The molecule has 1 amide bonds. The summed E-state index contributed by atoms with van der Waals surface area (Å²) in [6.45, 7) is 8.02. The van der Waals surface area contributed by atoms with Crippen molar-refractivity contribution in [3.05, 3.63) is 0 Å². The molecule has 18 heavy (non-hydrogen) atoms. The van der Waals surface area contributed by atoms with Crippen LogP contribution < -0.4 is 5.73 Å². The number of esters is 1. The summed E-state index contributed by atoms with van der Waals surface area (Å²) in [6, 6.07) is -0.392. The molecule has 0 aromatic rings. The molecule has 1 heterocycles. The predicted octanol–water partition coefficient (Wildman–Crippen LogP) is 0.744. The Morgan fingerprint density at radius 3 is 2.44 bits per heavy atom. The van der Waals surface area contributed by atoms with Gasteiger partial charge in [0.2, 0.25) is 0 Å². The first-order valence-electron chi connectivity index (χ1n) is 6.14. The molecule has 104 valence electrons. The standard InChI is InChI=1S/C12H22N2O4/c1-5-17-10(15)8-6-14(7-9(8)13)11(16)18-12(2,3)4/h8-9H,5-7,13H2,1-4H3/t8-,9+/m0/s1. The first-order chi connectivity index (χ1) is 8.24. The zero-order valence-corrected chi connectivity index (χ0v) is 11.4. The number of nitrogens with two attached hydrogens (primary N) is 1. The van der Waals surface area contributed by atoms with Crippen LogP contribution in [0.3, 0.4) is 0 Å². The Morgan fingerprint density at radius 2 is 1.94 bits per heavy atom. The van der Waals surface area contributed by atoms with Crippen LogP contribution in [-0.4, -0.2) is 48.3 Å². The third-order valence-corrected chi connectivity index (χ3v) is 2.61. The van der Waals surface area contributed by atoms with Gasteiger partial charge in [0.1, 0.15) is 5.60 Å². The molecule has 6 nitrogen and oxygen atoms in total. The molecule has 6 heteroatoms. The average Bonchev–Trinajstić information content (AvgIpc) is 2.58. The summed E-state index contributed by atoms with van der Waals surface area (Å²) in [5.74, 6) is -0.812. The van der Waals surface area contributed by atoms with Gasteiger partial charge in [-0.1, -0.05) is 0 Å². The third kappa shape index (κ3) is 3.87. The third-order valence-electron chi connectivity index (χ3n) is 2.61. The van der Waals surface area contributed by atoms with Crippen LogP contribution in [-0.2, 0) is 14.3 Å². The lowest BCUT2D eigenvalue weighted by molar-refractivity contribution is -0.147. The predicted molar refractivity (Wildman–Crippen MR) is 65.9 cm³/mol. The molecular weight excluding hydrogens is 236 g/mol. The van der Waals surface area contributed by atoms with Crippen molar-refractivity contribution < 1.29 is 19.1 Å². The molecule has 1 aliphatic heterocycles. The zero-order chi connectivity index (χ0) is 13.9. The first-order valence-corrected chi connectivity index (χ1v) is 6.14. The number of likely N-dealkylation sites (tertiary alicyclic amines) is 1. The molecular formula is C12H22N2O4. The fourth-order valence-corrected chi connectivity index (χ4v) is 1.80. The number of rotatable bonds is 2. The minimum absolute atomic E-state index is 0.259. The smallest absolute Gasteiger partial charge is 0.410 e. The monoisotopic (exact) mass is 258 g/mol. The fourth-order valence-electron chi connectivity index (χ4n) is 1.80. The molecule has 0 spiro atoms. The van der Waals surface area contributed by atoms with E-state index in [1.807, 2.05) is 0 Å². The van der Waals surface area contributed by atoms with Crippen molar-refractivity contribution in [1.82, 2.24) is 4.90 Å². The van der Waals surface area contributed by atoms with Crippen LogP contribution in [0.25, 0.3) is 0 Å². The summed E-state index contributed by atoms with van der Waals surface area (Å²) in [5.41, 5.74) is 5.30. The number of nitrogens with zero attached hydrogens (tertiary/aromatic N) is 1. The summed E-state index contributed by atoms with van der Waals surface area (Å²) >= 11 is 0. The Balaban J connectivity index is 2.58. The van der Waals surface area contributed by atoms with Crippen molar-refractivity contribution >= 4 is 12.1 Å². The van der Waals surface area contributed by atoms with Crippen molar-refractivity contribution in [1.29, 1.82) is 0 Å². The Bertz CT molecular complexity index is 325. The molecule has 0 aromatic heterocycles. The van der Waals surface area contributed by atoms with Crippen LogP contribution >= 0.6 is 0 Å². The summed E-state index contributed by atoms with van der Waals surface area (Å²) in [5, 5.41) is 0. The SMILES string of the molecule is CCOC(=O)[C@H]1CN(C(=O)OC(C)(C)C)C[C@H]1N. The van der Waals surface area contributed by atoms with Gasteiger partial charge in [-0.25, -0.2) is 4.79 Å². The van der Waals surface area contributed by atoms with E-state index in [0.29, 0.717) is 13.2 Å². The van der Waals surface area contributed by atoms with Gasteiger partial charge in [-0.05, 0) is 27.7 Å². The highest BCUT2D eigenvalue weighted by Crippen LogP contribution is 2.20. The van der Waals surface area contributed by atoms with Crippen LogP contribution in [0.15, 0.2) is 0 Å². The molecule has 2 N–H and O–H groups in total. The van der Waals surface area contributed by atoms with Gasteiger partial charge in [0.15, 0.2) is 0 Å². The molecule has 1 fully saturated rings. The second-order valence-corrected chi connectivity index (χ2v) is 5.41. The van der Waals surface area contributed by atoms with Crippen molar-refractivity contribution in [3.8, 4) is 0 Å². The molecule has 2 atom stereocenters. The van der Waals surface area contributed by atoms with Gasteiger partial charge in [0.05, 0.1) is 12.5 Å². The normalized spacial score (nSPS) is 23.9. The number of hydrogen-bond acceptors (Lipinski definition) is 5. The van der Waals surface area contributed by atoms with E-state index < -0.39 is 23.7 Å². The minimum Gasteiger partial charge on any atom is -0.466 e. The maximum atomic E-state index is 11.8. The molecule has 0 radical (unpaired) electrons. The highest BCUT2D eigenvalue weighted by molar-refractivity contribution is 5.76. The van der Waals surface area contributed by atoms with E-state index in [-0.39, 0.29) is 12.5 Å². The van der Waals surface area contributed by atoms with Crippen molar-refractivity contribution in [2.45, 2.75) is 39.3 Å². The molecule has 0 bridgehead atoms. The van der Waals surface area contributed by atoms with Crippen molar-refractivity contribution in [2.24, 2.45) is 11.7 Å². The second-order valence-electron chi connectivity index (χ2n) is 5.41. The molecule has 0 saturated carbocycles. The van der Waals surface area contributed by atoms with Crippen LogP contribution in [0.1, 0.15) is 27.7 Å². The van der Waals surface area contributed by atoms with E-state index >= 15 is 0 Å². The van der Waals surface area contributed by atoms with E-state index in [4.69, 9.17) is 15.2 Å². The van der Waals surface area contributed by atoms with Crippen LogP contribution in [0, 0.1) is 5.92 Å². The van der Waals surface area contributed by atoms with E-state index in [2.05, 4.69) is 0 Å². The first kappa shape index (κ1) is 14.8. The summed E-state index contributed by atoms with van der Waals surface area (Å²) in [4.78, 5) is 24.9. The minimum atomic E-state index is -0.552. The molecule has 0 aliphatic carbocycles. The molecule has 0 unspecified atom stereocenters. The highest BCUT2D eigenvalue weighted by Gasteiger charge is 2.39. The Labute approximate surface area is 107 Å². The van der Waals surface area contributed by atoms with Gasteiger partial charge in [-0.2, -0.15) is 0 Å². The molecule has 1 saturated heterocycles. The van der Waals surface area contributed by atoms with Crippen LogP contribution in [0.4, 0.5) is 4.79 Å². The van der Waals surface area contributed by atoms with Gasteiger partial charge in [0.25, 0.3) is 0 Å². The Kier molecular flexibility index (Phi) is 4.56. The summed E-state index contributed by atoms with van der Waals surface area (Å²) in [7, 11) is 0. The van der Waals surface area contributed by atoms with E-state index in [1.165, 1.54) is 4.90 Å². The quantitative estimate of drug-likeness (QED) is 0.739. The highest BCUT2D eigenvalue weighted by atomic mass is 16.6. The largest absolute Gasteiger partial charge is 0.466 e. The summed E-state index contributed by atoms with van der Waals surface area (Å²) < 4.78 is 10.2. The van der Waals surface area contributed by atoms with E-state index in [1.54, 1.807) is 27.7 Å². The number of carbonyl (C=O) groups is 2. The fraction of sp³-hybridized carbons (Fsp3) is 0.833. The van der Waals surface area contributed by atoms with Gasteiger partial charge < -0.3 is 20.1 Å². The second kappa shape index (κ2) is 5.56. The molecule has 1 rings (SSSR count). The summed E-state index contributed by atoms with van der Waals surface area (Å²) in [6.07, 6.45) is -0.440. The average molecular weight is 258 g/mol. The van der Waals surface area contributed by atoms with E-state index in [0.717, 1.165) is 0 Å². The topological polar surface area (TPSA) is 81.9 Å². The lowest BCUT2D eigenvalue weighted by atomic mass is 10.1. The molecule has 0 aromatic carbocycles. The Morgan fingerprint density at radius 1 is 1.33 bits per heavy atom. The number of amides is 1. The maximum Gasteiger partial charge on any atom is 0.410 e. The molecule has 1 aliphatic rings. The van der Waals surface area contributed by atoms with Crippen LogP contribution in [0.5, 0.6) is 0 Å². The van der Waals surface area contributed by atoms with Gasteiger partial charge in [0, 0.05) is 19.1 Å². The van der Waals surface area contributed by atoms with E-state index in [9.17, 15) is 9.59 Å².